The molecule has 0 saturated heterocycles. The predicted molar refractivity (Wildman–Crippen MR) is 90.1 cm³/mol. The molecule has 1 heterocycles. The molecule has 0 atom stereocenters. The molecule has 110 valence electrons. The number of pyridine rings is 1. The zero-order valence-electron chi connectivity index (χ0n) is 11.9. The minimum absolute atomic E-state index is 0.192. The number of nitrogens with one attached hydrogen (secondary N) is 1. The van der Waals surface area contributed by atoms with Gasteiger partial charge in [0.25, 0.3) is 5.91 Å². The Hall–Kier alpha value is -1.39. The van der Waals surface area contributed by atoms with Crippen LogP contribution in [0.2, 0.25) is 5.15 Å². The van der Waals surface area contributed by atoms with Gasteiger partial charge in [0.2, 0.25) is 0 Å². The number of anilines is 1. The zero-order valence-corrected chi connectivity index (χ0v) is 14.3. The van der Waals surface area contributed by atoms with Gasteiger partial charge in [-0.05, 0) is 59.1 Å². The number of rotatable bonds is 4. The summed E-state index contributed by atoms with van der Waals surface area (Å²) in [5.41, 5.74) is 3.17. The van der Waals surface area contributed by atoms with Gasteiger partial charge in [-0.2, -0.15) is 0 Å². The van der Waals surface area contributed by atoms with Gasteiger partial charge in [-0.15, -0.1) is 0 Å². The lowest BCUT2D eigenvalue weighted by atomic mass is 10.1. The molecule has 1 aromatic carbocycles. The number of hydrogen-bond donors (Lipinski definition) is 1. The van der Waals surface area contributed by atoms with E-state index < -0.39 is 0 Å². The first-order valence-electron chi connectivity index (χ1n) is 6.73. The van der Waals surface area contributed by atoms with Crippen molar-refractivity contribution in [1.82, 2.24) is 4.98 Å². The molecule has 1 amide bonds. The standard InChI is InChI=1S/C16H16BrClN2O/c1-3-4-12-8-11(9-15(18)19-12)16(21)20-14-7-10(2)5-6-13(14)17/h5-9H,3-4H2,1-2H3,(H,20,21). The van der Waals surface area contributed by atoms with Crippen molar-refractivity contribution in [3.8, 4) is 0 Å². The largest absolute Gasteiger partial charge is 0.321 e. The third kappa shape index (κ3) is 4.29. The van der Waals surface area contributed by atoms with E-state index in [9.17, 15) is 4.79 Å². The molecule has 0 fully saturated rings. The fourth-order valence-corrected chi connectivity index (χ4v) is 2.57. The van der Waals surface area contributed by atoms with E-state index in [0.717, 1.165) is 34.3 Å². The van der Waals surface area contributed by atoms with E-state index in [2.05, 4.69) is 33.2 Å². The number of aryl methyl sites for hydroxylation is 2. The van der Waals surface area contributed by atoms with E-state index in [-0.39, 0.29) is 5.91 Å². The van der Waals surface area contributed by atoms with Crippen molar-refractivity contribution in [1.29, 1.82) is 0 Å². The zero-order chi connectivity index (χ0) is 15.4. The SMILES string of the molecule is CCCc1cc(C(=O)Nc2cc(C)ccc2Br)cc(Cl)n1. The molecule has 0 aliphatic heterocycles. The Morgan fingerprint density at radius 3 is 2.81 bits per heavy atom. The summed E-state index contributed by atoms with van der Waals surface area (Å²) in [7, 11) is 0. The average molecular weight is 368 g/mol. The van der Waals surface area contributed by atoms with Crippen LogP contribution in [0.4, 0.5) is 5.69 Å². The van der Waals surface area contributed by atoms with Gasteiger partial charge in [-0.3, -0.25) is 4.79 Å². The molecule has 0 spiro atoms. The molecular formula is C16H16BrClN2O. The minimum Gasteiger partial charge on any atom is -0.321 e. The second-order valence-corrected chi connectivity index (χ2v) is 6.10. The molecule has 5 heteroatoms. The number of amides is 1. The van der Waals surface area contributed by atoms with Crippen LogP contribution in [0.25, 0.3) is 0 Å². The lowest BCUT2D eigenvalue weighted by molar-refractivity contribution is 0.102. The summed E-state index contributed by atoms with van der Waals surface area (Å²) in [4.78, 5) is 16.6. The topological polar surface area (TPSA) is 42.0 Å². The first-order chi connectivity index (χ1) is 9.99. The van der Waals surface area contributed by atoms with Crippen LogP contribution in [0.5, 0.6) is 0 Å². The number of halogens is 2. The highest BCUT2D eigenvalue weighted by Crippen LogP contribution is 2.24. The third-order valence-corrected chi connectivity index (χ3v) is 3.87. The molecule has 1 N–H and O–H groups in total. The Bertz CT molecular complexity index is 673. The molecule has 1 aromatic heterocycles. The van der Waals surface area contributed by atoms with Gasteiger partial charge in [0.1, 0.15) is 5.15 Å². The van der Waals surface area contributed by atoms with E-state index >= 15 is 0 Å². The lowest BCUT2D eigenvalue weighted by Gasteiger charge is -2.09. The fourth-order valence-electron chi connectivity index (χ4n) is 2.00. The van der Waals surface area contributed by atoms with Crippen molar-refractivity contribution in [2.45, 2.75) is 26.7 Å². The minimum atomic E-state index is -0.192. The van der Waals surface area contributed by atoms with Gasteiger partial charge in [0.05, 0.1) is 5.69 Å². The van der Waals surface area contributed by atoms with Crippen LogP contribution in [-0.4, -0.2) is 10.9 Å². The van der Waals surface area contributed by atoms with Crippen molar-refractivity contribution < 1.29 is 4.79 Å². The molecule has 21 heavy (non-hydrogen) atoms. The van der Waals surface area contributed by atoms with Crippen molar-refractivity contribution in [2.24, 2.45) is 0 Å². The van der Waals surface area contributed by atoms with E-state index in [4.69, 9.17) is 11.6 Å². The number of benzene rings is 1. The maximum atomic E-state index is 12.4. The smallest absolute Gasteiger partial charge is 0.255 e. The average Bonchev–Trinajstić information content (AvgIpc) is 2.42. The lowest BCUT2D eigenvalue weighted by Crippen LogP contribution is -2.13. The van der Waals surface area contributed by atoms with Crippen molar-refractivity contribution in [3.63, 3.8) is 0 Å². The van der Waals surface area contributed by atoms with E-state index in [1.807, 2.05) is 25.1 Å². The fraction of sp³-hybridized carbons (Fsp3) is 0.250. The second-order valence-electron chi connectivity index (χ2n) is 4.86. The van der Waals surface area contributed by atoms with Crippen molar-refractivity contribution >= 4 is 39.1 Å². The van der Waals surface area contributed by atoms with Gasteiger partial charge >= 0.3 is 0 Å². The van der Waals surface area contributed by atoms with Crippen LogP contribution < -0.4 is 5.32 Å². The highest BCUT2D eigenvalue weighted by molar-refractivity contribution is 9.10. The van der Waals surface area contributed by atoms with E-state index in [1.165, 1.54) is 0 Å². The summed E-state index contributed by atoms with van der Waals surface area (Å²) in [6.07, 6.45) is 1.76. The maximum Gasteiger partial charge on any atom is 0.255 e. The van der Waals surface area contributed by atoms with E-state index in [1.54, 1.807) is 12.1 Å². The Balaban J connectivity index is 2.25. The van der Waals surface area contributed by atoms with E-state index in [0.29, 0.717) is 10.7 Å². The summed E-state index contributed by atoms with van der Waals surface area (Å²) in [6.45, 7) is 4.04. The molecule has 0 unspecified atom stereocenters. The Labute approximate surface area is 137 Å². The molecular weight excluding hydrogens is 352 g/mol. The quantitative estimate of drug-likeness (QED) is 0.772. The number of nitrogens with zero attached hydrogens (tertiary/aromatic N) is 1. The van der Waals surface area contributed by atoms with Crippen LogP contribution in [0.15, 0.2) is 34.8 Å². The first-order valence-corrected chi connectivity index (χ1v) is 7.90. The van der Waals surface area contributed by atoms with Crippen molar-refractivity contribution in [2.75, 3.05) is 5.32 Å². The summed E-state index contributed by atoms with van der Waals surface area (Å²) >= 11 is 9.42. The molecule has 0 aliphatic rings. The highest BCUT2D eigenvalue weighted by atomic mass is 79.9. The maximum absolute atomic E-state index is 12.4. The number of hydrogen-bond acceptors (Lipinski definition) is 2. The van der Waals surface area contributed by atoms with Gasteiger partial charge in [0.15, 0.2) is 0 Å². The summed E-state index contributed by atoms with van der Waals surface area (Å²) in [6, 6.07) is 9.17. The number of carbonyl (C=O) groups is 1. The second kappa shape index (κ2) is 7.05. The molecule has 0 aliphatic carbocycles. The van der Waals surface area contributed by atoms with Gasteiger partial charge in [0, 0.05) is 15.7 Å². The Morgan fingerprint density at radius 1 is 1.33 bits per heavy atom. The molecule has 2 aromatic rings. The van der Waals surface area contributed by atoms with Crippen molar-refractivity contribution in [3.05, 3.63) is 56.8 Å². The highest BCUT2D eigenvalue weighted by Gasteiger charge is 2.11. The third-order valence-electron chi connectivity index (χ3n) is 2.99. The van der Waals surface area contributed by atoms with Crippen LogP contribution >= 0.6 is 27.5 Å². The van der Waals surface area contributed by atoms with Crippen LogP contribution in [0.3, 0.4) is 0 Å². The van der Waals surface area contributed by atoms with Gasteiger partial charge < -0.3 is 5.32 Å². The number of carbonyl (C=O) groups excluding carboxylic acids is 1. The number of aromatic nitrogens is 1. The summed E-state index contributed by atoms with van der Waals surface area (Å²) in [5.74, 6) is -0.192. The van der Waals surface area contributed by atoms with Crippen LogP contribution in [0, 0.1) is 6.92 Å². The van der Waals surface area contributed by atoms with Gasteiger partial charge in [-0.1, -0.05) is 31.0 Å². The molecule has 0 bridgehead atoms. The predicted octanol–water partition coefficient (Wildman–Crippen LogP) is 5.01. The summed E-state index contributed by atoms with van der Waals surface area (Å²) < 4.78 is 0.843. The Morgan fingerprint density at radius 2 is 2.10 bits per heavy atom. The monoisotopic (exact) mass is 366 g/mol. The first kappa shape index (κ1) is 16.0. The van der Waals surface area contributed by atoms with Crippen LogP contribution in [0.1, 0.15) is 35.0 Å². The molecule has 0 radical (unpaired) electrons. The van der Waals surface area contributed by atoms with Gasteiger partial charge in [-0.25, -0.2) is 4.98 Å². The van der Waals surface area contributed by atoms with Crippen LogP contribution in [-0.2, 0) is 6.42 Å². The summed E-state index contributed by atoms with van der Waals surface area (Å²) in [5, 5.41) is 3.23. The molecule has 3 nitrogen and oxygen atoms in total. The molecule has 2 rings (SSSR count). The molecule has 0 saturated carbocycles. The Kier molecular flexibility index (Phi) is 5.37. The normalized spacial score (nSPS) is 10.5.